The summed E-state index contributed by atoms with van der Waals surface area (Å²) in [6.45, 7) is 0. The van der Waals surface area contributed by atoms with Crippen LogP contribution in [0.5, 0.6) is 0 Å². The third-order valence-electron chi connectivity index (χ3n) is 6.85. The molecule has 0 amide bonds. The van der Waals surface area contributed by atoms with Gasteiger partial charge in [0.15, 0.2) is 0 Å². The summed E-state index contributed by atoms with van der Waals surface area (Å²) in [4.78, 5) is 0. The Hall–Kier alpha value is -2.01. The fourth-order valence-electron chi connectivity index (χ4n) is 5.30. The van der Waals surface area contributed by atoms with Gasteiger partial charge in [-0.15, -0.1) is 0 Å². The molecule has 0 spiro atoms. The van der Waals surface area contributed by atoms with Crippen LogP contribution in [-0.4, -0.2) is 8.32 Å². The van der Waals surface area contributed by atoms with E-state index in [0.29, 0.717) is 0 Å². The predicted octanol–water partition coefficient (Wildman–Crippen LogP) is 5.21. The zero-order valence-electron chi connectivity index (χ0n) is 18.5. The van der Waals surface area contributed by atoms with Gasteiger partial charge in [-0.25, -0.2) is 0 Å². The summed E-state index contributed by atoms with van der Waals surface area (Å²) in [6.07, 6.45) is 3.81. The van der Waals surface area contributed by atoms with E-state index < -0.39 is 32.9 Å². The van der Waals surface area contributed by atoms with Crippen molar-refractivity contribution in [3.63, 3.8) is 0 Å². The van der Waals surface area contributed by atoms with Gasteiger partial charge in [0.25, 0.3) is 0 Å². The molecule has 1 saturated heterocycles. The van der Waals surface area contributed by atoms with E-state index in [1.54, 1.807) is 0 Å². The fourth-order valence-corrected chi connectivity index (χ4v) is 21.8. The molecule has 3 heteroatoms. The van der Waals surface area contributed by atoms with Crippen LogP contribution in [0, 0.1) is 0 Å². The van der Waals surface area contributed by atoms with Gasteiger partial charge in [0.1, 0.15) is 0 Å². The summed E-state index contributed by atoms with van der Waals surface area (Å²) in [5.41, 5.74) is 1.42. The minimum absolute atomic E-state index is 0.0484. The second kappa shape index (κ2) is 9.86. The van der Waals surface area contributed by atoms with Crippen LogP contribution in [-0.2, 0) is 32.1 Å². The van der Waals surface area contributed by atoms with Crippen molar-refractivity contribution < 1.29 is 29.0 Å². The van der Waals surface area contributed by atoms with Gasteiger partial charge in [0.05, 0.1) is 0 Å². The molecule has 1 heterocycles. The summed E-state index contributed by atoms with van der Waals surface area (Å²) in [5.74, 6) is 0. The number of rotatable bonds is 6. The molecule has 32 heavy (non-hydrogen) atoms. The van der Waals surface area contributed by atoms with E-state index in [-0.39, 0.29) is 3.11 Å². The van der Waals surface area contributed by atoms with Gasteiger partial charge in [0, 0.05) is 0 Å². The molecule has 1 fully saturated rings. The van der Waals surface area contributed by atoms with Gasteiger partial charge in [-0.2, -0.15) is 0 Å². The maximum absolute atomic E-state index is 7.85. The first-order valence-corrected chi connectivity index (χ1v) is 20.3. The Morgan fingerprint density at radius 1 is 0.562 bits per heavy atom. The second-order valence-corrected chi connectivity index (χ2v) is 21.2. The fraction of sp³-hybridized carbons (Fsp3) is 0.172. The van der Waals surface area contributed by atoms with Crippen molar-refractivity contribution in [3.05, 3.63) is 127 Å². The molecule has 0 aromatic heterocycles. The molecule has 0 bridgehead atoms. The molecule has 1 aliphatic rings. The normalized spacial score (nSPS) is 18.4. The molecule has 0 N–H and O–H groups in total. The molecule has 156 valence electrons. The third kappa shape index (κ3) is 4.16. The summed E-state index contributed by atoms with van der Waals surface area (Å²) < 4.78 is 9.23. The monoisotopic (exact) mass is 622 g/mol. The second-order valence-electron chi connectivity index (χ2n) is 8.80. The van der Waals surface area contributed by atoms with Crippen LogP contribution in [0.25, 0.3) is 0 Å². The number of hydrogen-bond acceptors (Lipinski definition) is 1. The Bertz CT molecular complexity index is 1010. The van der Waals surface area contributed by atoms with Gasteiger partial charge in [0.2, 0.25) is 0 Å². The molecular formula is C29H28HgOSi. The van der Waals surface area contributed by atoms with E-state index in [2.05, 4.69) is 121 Å². The van der Waals surface area contributed by atoms with Crippen molar-refractivity contribution in [2.75, 3.05) is 0 Å². The van der Waals surface area contributed by atoms with E-state index in [4.69, 9.17) is 4.43 Å². The Morgan fingerprint density at radius 3 is 1.41 bits per heavy atom. The van der Waals surface area contributed by atoms with Crippen LogP contribution in [0.3, 0.4) is 0 Å². The van der Waals surface area contributed by atoms with Crippen LogP contribution in [0.2, 0.25) is 3.93 Å². The molecule has 1 unspecified atom stereocenters. The molecule has 4 aromatic carbocycles. The Labute approximate surface area is 205 Å². The van der Waals surface area contributed by atoms with Gasteiger partial charge >= 0.3 is 206 Å². The van der Waals surface area contributed by atoms with Crippen molar-refractivity contribution in [2.45, 2.75) is 26.3 Å². The average Bonchev–Trinajstić information content (AvgIpc) is 2.90. The zero-order chi connectivity index (χ0) is 21.7. The first-order chi connectivity index (χ1) is 15.8. The van der Waals surface area contributed by atoms with Crippen molar-refractivity contribution in [2.24, 2.45) is 0 Å². The molecule has 1 nitrogen and oxygen atoms in total. The summed E-state index contributed by atoms with van der Waals surface area (Å²) in [6, 6.07) is 44.3. The standard InChI is InChI=1S/C29H28OSi.Hg/c1-2-3-24-29(25-16-8-4-9-17-25)30-31(26-18-10-5-11-19-26,27-20-12-6-13-21-27)28-22-14-7-15-23-28;/h4-23H,1-3,24H2;. The van der Waals surface area contributed by atoms with Crippen LogP contribution in [0.15, 0.2) is 121 Å². The van der Waals surface area contributed by atoms with Gasteiger partial charge in [-0.05, 0) is 0 Å². The quantitative estimate of drug-likeness (QED) is 0.213. The molecule has 0 saturated carbocycles. The van der Waals surface area contributed by atoms with Crippen LogP contribution in [0.1, 0.15) is 24.8 Å². The molecule has 4 aromatic rings. The predicted molar refractivity (Wildman–Crippen MR) is 132 cm³/mol. The van der Waals surface area contributed by atoms with E-state index in [9.17, 15) is 0 Å². The molecule has 1 aliphatic heterocycles. The molecule has 1 atom stereocenters. The first kappa shape index (κ1) is 21.8. The molecule has 5 rings (SSSR count). The SMILES string of the molecule is c1ccc([C]2(O[Si](c3ccccc3)(c3ccccc3)c3ccccc3)CCC[CH2][Hg]2)cc1. The van der Waals surface area contributed by atoms with Gasteiger partial charge in [-0.3, -0.25) is 0 Å². The van der Waals surface area contributed by atoms with E-state index in [0.717, 1.165) is 0 Å². The maximum atomic E-state index is 7.85. The molecule has 0 radical (unpaired) electrons. The Balaban J connectivity index is 1.78. The van der Waals surface area contributed by atoms with E-state index in [1.807, 2.05) is 0 Å². The van der Waals surface area contributed by atoms with Crippen molar-refractivity contribution in [1.29, 1.82) is 0 Å². The number of benzene rings is 4. The summed E-state index contributed by atoms with van der Waals surface area (Å²) >= 11 is -1.38. The summed E-state index contributed by atoms with van der Waals surface area (Å²) in [7, 11) is -2.71. The van der Waals surface area contributed by atoms with Crippen molar-refractivity contribution in [1.82, 2.24) is 0 Å². The number of hydrogen-bond donors (Lipinski definition) is 0. The average molecular weight is 621 g/mol. The Morgan fingerprint density at radius 2 is 1.00 bits per heavy atom. The third-order valence-corrected chi connectivity index (χ3v) is 22.1. The van der Waals surface area contributed by atoms with Gasteiger partial charge in [-0.1, -0.05) is 0 Å². The van der Waals surface area contributed by atoms with E-state index in [1.165, 1.54) is 44.3 Å². The Kier molecular flexibility index (Phi) is 6.72. The van der Waals surface area contributed by atoms with Crippen LogP contribution >= 0.6 is 0 Å². The van der Waals surface area contributed by atoms with Gasteiger partial charge < -0.3 is 0 Å². The topological polar surface area (TPSA) is 9.23 Å². The van der Waals surface area contributed by atoms with Crippen molar-refractivity contribution in [3.8, 4) is 0 Å². The van der Waals surface area contributed by atoms with E-state index >= 15 is 0 Å². The van der Waals surface area contributed by atoms with Crippen LogP contribution < -0.4 is 15.6 Å². The van der Waals surface area contributed by atoms with Crippen molar-refractivity contribution >= 4 is 23.9 Å². The molecular weight excluding hydrogens is 593 g/mol. The van der Waals surface area contributed by atoms with Crippen LogP contribution in [0.4, 0.5) is 0 Å². The zero-order valence-corrected chi connectivity index (χ0v) is 25.0. The molecule has 0 aliphatic carbocycles. The first-order valence-electron chi connectivity index (χ1n) is 11.8. The summed E-state index contributed by atoms with van der Waals surface area (Å²) in [5, 5.41) is 4.02. The minimum atomic E-state index is -2.71.